The predicted octanol–water partition coefficient (Wildman–Crippen LogP) is 7.76. The number of nitrogens with one attached hydrogen (secondary N) is 1. The van der Waals surface area contributed by atoms with Gasteiger partial charge in [0.25, 0.3) is 10.0 Å². The largest absolute Gasteiger partial charge is 0.416 e. The molecule has 0 aliphatic heterocycles. The minimum absolute atomic E-state index is 0.0464. The molecular formula is C35H34Cl2F3N3O4S. The van der Waals surface area contributed by atoms with Crippen LogP contribution in [0.15, 0.2) is 108 Å². The highest BCUT2D eigenvalue weighted by molar-refractivity contribution is 7.92. The molecule has 0 aliphatic carbocycles. The van der Waals surface area contributed by atoms with Gasteiger partial charge in [0.15, 0.2) is 0 Å². The fourth-order valence-corrected chi connectivity index (χ4v) is 6.88. The van der Waals surface area contributed by atoms with Gasteiger partial charge in [-0.2, -0.15) is 13.2 Å². The molecular weight excluding hydrogens is 686 g/mol. The van der Waals surface area contributed by atoms with Crippen LogP contribution in [0.25, 0.3) is 0 Å². The average molecular weight is 721 g/mol. The molecule has 4 rings (SSSR count). The van der Waals surface area contributed by atoms with Gasteiger partial charge in [-0.15, -0.1) is 0 Å². The van der Waals surface area contributed by atoms with E-state index in [-0.39, 0.29) is 22.9 Å². The zero-order valence-corrected chi connectivity index (χ0v) is 28.7. The van der Waals surface area contributed by atoms with Crippen molar-refractivity contribution in [3.8, 4) is 0 Å². The summed E-state index contributed by atoms with van der Waals surface area (Å²) in [6.07, 6.45) is -4.79. The summed E-state index contributed by atoms with van der Waals surface area (Å²) < 4.78 is 70.3. The summed E-state index contributed by atoms with van der Waals surface area (Å²) in [5, 5.41) is 2.94. The number of rotatable bonds is 11. The molecule has 0 heterocycles. The Hall–Kier alpha value is -4.06. The van der Waals surface area contributed by atoms with Crippen LogP contribution in [-0.4, -0.2) is 43.3 Å². The van der Waals surface area contributed by atoms with Crippen LogP contribution < -0.4 is 9.62 Å². The second-order valence-electron chi connectivity index (χ2n) is 12.1. The highest BCUT2D eigenvalue weighted by Crippen LogP contribution is 2.37. The van der Waals surface area contributed by atoms with Crippen LogP contribution in [-0.2, 0) is 38.8 Å². The van der Waals surface area contributed by atoms with E-state index >= 15 is 0 Å². The summed E-state index contributed by atoms with van der Waals surface area (Å²) in [6, 6.07) is 23.6. The third-order valence-electron chi connectivity index (χ3n) is 7.16. The van der Waals surface area contributed by atoms with Gasteiger partial charge in [0.1, 0.15) is 12.6 Å². The molecule has 7 nitrogen and oxygen atoms in total. The van der Waals surface area contributed by atoms with E-state index in [0.717, 1.165) is 12.1 Å². The van der Waals surface area contributed by atoms with Crippen LogP contribution in [0.1, 0.15) is 37.5 Å². The zero-order valence-electron chi connectivity index (χ0n) is 26.3. The van der Waals surface area contributed by atoms with E-state index in [1.807, 2.05) is 0 Å². The fourth-order valence-electron chi connectivity index (χ4n) is 4.95. The van der Waals surface area contributed by atoms with Crippen molar-refractivity contribution in [3.05, 3.63) is 130 Å². The Morgan fingerprint density at radius 1 is 0.812 bits per heavy atom. The lowest BCUT2D eigenvalue weighted by Crippen LogP contribution is -2.56. The van der Waals surface area contributed by atoms with Crippen molar-refractivity contribution in [2.45, 2.75) is 56.4 Å². The molecule has 0 saturated heterocycles. The first-order valence-corrected chi connectivity index (χ1v) is 17.0. The second-order valence-corrected chi connectivity index (χ2v) is 14.8. The number of benzene rings is 4. The summed E-state index contributed by atoms with van der Waals surface area (Å²) in [6.45, 7) is 4.17. The number of carbonyl (C=O) groups is 2. The Morgan fingerprint density at radius 2 is 1.42 bits per heavy atom. The molecule has 254 valence electrons. The van der Waals surface area contributed by atoms with Gasteiger partial charge in [0, 0.05) is 23.5 Å². The third-order valence-corrected chi connectivity index (χ3v) is 9.49. The van der Waals surface area contributed by atoms with Crippen LogP contribution in [0.3, 0.4) is 0 Å². The van der Waals surface area contributed by atoms with Crippen LogP contribution >= 0.6 is 23.2 Å². The number of alkyl halides is 3. The first-order valence-electron chi connectivity index (χ1n) is 14.8. The van der Waals surface area contributed by atoms with E-state index < -0.39 is 57.4 Å². The molecule has 0 fully saturated rings. The van der Waals surface area contributed by atoms with E-state index in [0.29, 0.717) is 26.5 Å². The number of sulfonamides is 1. The minimum Gasteiger partial charge on any atom is -0.350 e. The van der Waals surface area contributed by atoms with Crippen LogP contribution in [0.2, 0.25) is 10.0 Å². The molecule has 0 aliphatic rings. The molecule has 0 spiro atoms. The minimum atomic E-state index is -4.84. The van der Waals surface area contributed by atoms with E-state index in [1.165, 1.54) is 29.2 Å². The van der Waals surface area contributed by atoms with Crippen molar-refractivity contribution in [1.29, 1.82) is 0 Å². The molecule has 0 bridgehead atoms. The molecule has 48 heavy (non-hydrogen) atoms. The van der Waals surface area contributed by atoms with Crippen molar-refractivity contribution in [2.24, 2.45) is 0 Å². The van der Waals surface area contributed by atoms with Crippen molar-refractivity contribution in [3.63, 3.8) is 0 Å². The first kappa shape index (κ1) is 36.8. The molecule has 0 unspecified atom stereocenters. The highest BCUT2D eigenvalue weighted by atomic mass is 35.5. The number of carbonyl (C=O) groups excluding carboxylic acids is 2. The van der Waals surface area contributed by atoms with Crippen LogP contribution in [0.5, 0.6) is 0 Å². The SMILES string of the molecule is CC(C)(C)NC(=O)[C@H](Cc1ccccc1)N(Cc1cccc(Cl)c1)C(=O)CN(c1cc(C(F)(F)F)ccc1Cl)S(=O)(=O)c1ccccc1. The van der Waals surface area contributed by atoms with Gasteiger partial charge in [0.05, 0.1) is 21.2 Å². The van der Waals surface area contributed by atoms with E-state index in [1.54, 1.807) is 81.4 Å². The summed E-state index contributed by atoms with van der Waals surface area (Å²) >= 11 is 12.6. The number of amides is 2. The number of hydrogen-bond donors (Lipinski definition) is 1. The van der Waals surface area contributed by atoms with Gasteiger partial charge < -0.3 is 10.2 Å². The molecule has 0 radical (unpaired) electrons. The Morgan fingerprint density at radius 3 is 2.00 bits per heavy atom. The topological polar surface area (TPSA) is 86.8 Å². The predicted molar refractivity (Wildman–Crippen MR) is 181 cm³/mol. The summed E-state index contributed by atoms with van der Waals surface area (Å²) in [5.41, 5.74) is -1.17. The molecule has 1 N–H and O–H groups in total. The molecule has 13 heteroatoms. The Balaban J connectivity index is 1.88. The molecule has 4 aromatic rings. The quantitative estimate of drug-likeness (QED) is 0.172. The van der Waals surface area contributed by atoms with Crippen molar-refractivity contribution in [2.75, 3.05) is 10.8 Å². The summed E-state index contributed by atoms with van der Waals surface area (Å²) in [5.74, 6) is -1.38. The second kappa shape index (κ2) is 15.0. The highest BCUT2D eigenvalue weighted by Gasteiger charge is 2.38. The van der Waals surface area contributed by atoms with Gasteiger partial charge in [-0.3, -0.25) is 13.9 Å². The van der Waals surface area contributed by atoms with E-state index in [4.69, 9.17) is 23.2 Å². The van der Waals surface area contributed by atoms with Gasteiger partial charge in [0.2, 0.25) is 11.8 Å². The van der Waals surface area contributed by atoms with Crippen LogP contribution in [0, 0.1) is 0 Å². The lowest BCUT2D eigenvalue weighted by molar-refractivity contribution is -0.140. The Kier molecular flexibility index (Phi) is 11.5. The van der Waals surface area contributed by atoms with Gasteiger partial charge in [-0.05, 0) is 74.4 Å². The van der Waals surface area contributed by atoms with E-state index in [2.05, 4.69) is 5.32 Å². The lowest BCUT2D eigenvalue weighted by atomic mass is 10.0. The van der Waals surface area contributed by atoms with Crippen LogP contribution in [0.4, 0.5) is 18.9 Å². The van der Waals surface area contributed by atoms with Gasteiger partial charge in [-0.1, -0.05) is 83.9 Å². The maximum Gasteiger partial charge on any atom is 0.416 e. The standard InChI is InChI=1S/C35H34Cl2F3N3O4S/c1-34(2,3)41-33(45)31(20-24-11-6-4-7-12-24)42(22-25-13-10-14-27(36)19-25)32(44)23-43(48(46,47)28-15-8-5-9-16-28)30-21-26(35(38,39)40)17-18-29(30)37/h4-19,21,31H,20,22-23H2,1-3H3,(H,41,45)/t31-/m0/s1. The molecule has 0 aromatic heterocycles. The Labute approximate surface area is 288 Å². The van der Waals surface area contributed by atoms with Crippen molar-refractivity contribution in [1.82, 2.24) is 10.2 Å². The number of halogens is 5. The smallest absolute Gasteiger partial charge is 0.350 e. The molecule has 1 atom stereocenters. The van der Waals surface area contributed by atoms with Gasteiger partial charge >= 0.3 is 6.18 Å². The normalized spacial score (nSPS) is 12.7. The molecule has 0 saturated carbocycles. The number of anilines is 1. The first-order chi connectivity index (χ1) is 22.5. The molecule has 2 amide bonds. The number of hydrogen-bond acceptors (Lipinski definition) is 4. The summed E-state index contributed by atoms with van der Waals surface area (Å²) in [4.78, 5) is 29.4. The lowest BCUT2D eigenvalue weighted by Gasteiger charge is -2.35. The average Bonchev–Trinajstić information content (AvgIpc) is 3.01. The van der Waals surface area contributed by atoms with Crippen molar-refractivity contribution < 1.29 is 31.2 Å². The summed E-state index contributed by atoms with van der Waals surface area (Å²) in [7, 11) is -4.67. The Bertz CT molecular complexity index is 1850. The molecule has 4 aromatic carbocycles. The number of nitrogens with zero attached hydrogens (tertiary/aromatic N) is 2. The van der Waals surface area contributed by atoms with Crippen molar-refractivity contribution >= 4 is 50.7 Å². The fraction of sp³-hybridized carbons (Fsp3) is 0.257. The monoisotopic (exact) mass is 719 g/mol. The third kappa shape index (κ3) is 9.52. The van der Waals surface area contributed by atoms with Gasteiger partial charge in [-0.25, -0.2) is 8.42 Å². The maximum atomic E-state index is 14.5. The van der Waals surface area contributed by atoms with E-state index in [9.17, 15) is 31.2 Å². The zero-order chi connectivity index (χ0) is 35.3. The maximum absolute atomic E-state index is 14.5.